The van der Waals surface area contributed by atoms with Gasteiger partial charge in [-0.15, -0.1) is 21.5 Å². The van der Waals surface area contributed by atoms with Crippen molar-refractivity contribution < 1.29 is 28.6 Å². The molecule has 36 heavy (non-hydrogen) atoms. The molecule has 0 aliphatic rings. The van der Waals surface area contributed by atoms with Gasteiger partial charge in [-0.3, -0.25) is 4.79 Å². The molecule has 3 aromatic rings. The lowest BCUT2D eigenvalue weighted by Gasteiger charge is -2.07. The SMILES string of the molecule is CCOC(=O)c1sc(NC(=O)CSc2nnc(Cc3ccc(OC)cc3)n2C)c(C(=O)OCC)c1C. The zero-order chi connectivity index (χ0) is 26.2. The van der Waals surface area contributed by atoms with Crippen molar-refractivity contribution in [3.05, 3.63) is 51.7 Å². The maximum Gasteiger partial charge on any atom is 0.348 e. The van der Waals surface area contributed by atoms with E-state index in [4.69, 9.17) is 14.2 Å². The molecule has 0 radical (unpaired) electrons. The van der Waals surface area contributed by atoms with Crippen molar-refractivity contribution in [2.45, 2.75) is 32.3 Å². The van der Waals surface area contributed by atoms with Gasteiger partial charge >= 0.3 is 11.9 Å². The van der Waals surface area contributed by atoms with Gasteiger partial charge in [0.1, 0.15) is 21.5 Å². The molecule has 0 saturated heterocycles. The molecule has 0 aliphatic heterocycles. The zero-order valence-corrected chi connectivity index (χ0v) is 22.4. The molecule has 1 aromatic carbocycles. The van der Waals surface area contributed by atoms with E-state index in [0.29, 0.717) is 17.1 Å². The van der Waals surface area contributed by atoms with E-state index in [1.54, 1.807) is 27.9 Å². The first-order valence-corrected chi connectivity index (χ1v) is 13.0. The van der Waals surface area contributed by atoms with Crippen LogP contribution in [0.2, 0.25) is 0 Å². The molecule has 12 heteroatoms. The van der Waals surface area contributed by atoms with Gasteiger partial charge in [0.15, 0.2) is 5.16 Å². The number of amides is 1. The number of carbonyl (C=O) groups excluding carboxylic acids is 3. The molecule has 0 fully saturated rings. The second kappa shape index (κ2) is 12.5. The summed E-state index contributed by atoms with van der Waals surface area (Å²) in [4.78, 5) is 37.8. The number of carbonyl (C=O) groups is 3. The number of aromatic nitrogens is 3. The Bertz CT molecular complexity index is 1240. The third kappa shape index (κ3) is 6.43. The maximum atomic E-state index is 12.7. The van der Waals surface area contributed by atoms with Gasteiger partial charge in [0, 0.05) is 13.5 Å². The summed E-state index contributed by atoms with van der Waals surface area (Å²) in [6.45, 7) is 5.37. The van der Waals surface area contributed by atoms with Crippen molar-refractivity contribution in [2.24, 2.45) is 7.05 Å². The Hall–Kier alpha value is -3.38. The lowest BCUT2D eigenvalue weighted by Crippen LogP contribution is -2.16. The second-order valence-electron chi connectivity index (χ2n) is 7.52. The minimum atomic E-state index is -0.610. The van der Waals surface area contributed by atoms with E-state index in [2.05, 4.69) is 15.5 Å². The number of esters is 2. The molecule has 0 saturated carbocycles. The van der Waals surface area contributed by atoms with Gasteiger partial charge in [0.05, 0.1) is 31.6 Å². The molecule has 0 aliphatic carbocycles. The number of nitrogens with zero attached hydrogens (tertiary/aromatic N) is 3. The Balaban J connectivity index is 1.69. The summed E-state index contributed by atoms with van der Waals surface area (Å²) in [5, 5.41) is 12.0. The van der Waals surface area contributed by atoms with Crippen LogP contribution in [0.15, 0.2) is 29.4 Å². The molecular formula is C24H28N4O6S2. The first-order valence-electron chi connectivity index (χ1n) is 11.2. The number of hydrogen-bond donors (Lipinski definition) is 1. The highest BCUT2D eigenvalue weighted by molar-refractivity contribution is 7.99. The van der Waals surface area contributed by atoms with Gasteiger partial charge in [-0.25, -0.2) is 9.59 Å². The van der Waals surface area contributed by atoms with E-state index in [1.807, 2.05) is 35.9 Å². The first-order chi connectivity index (χ1) is 17.3. The van der Waals surface area contributed by atoms with Crippen LogP contribution in [0.1, 0.15) is 50.8 Å². The molecule has 0 unspecified atom stereocenters. The molecular weight excluding hydrogens is 504 g/mol. The van der Waals surface area contributed by atoms with Crippen molar-refractivity contribution in [2.75, 3.05) is 31.4 Å². The number of thiophene rings is 1. The Morgan fingerprint density at radius 1 is 1.06 bits per heavy atom. The molecule has 2 heterocycles. The minimum Gasteiger partial charge on any atom is -0.497 e. The quantitative estimate of drug-likeness (QED) is 0.290. The fraction of sp³-hybridized carbons (Fsp3) is 0.375. The molecule has 0 atom stereocenters. The van der Waals surface area contributed by atoms with E-state index in [1.165, 1.54) is 11.8 Å². The van der Waals surface area contributed by atoms with Gasteiger partial charge in [-0.05, 0) is 44.0 Å². The number of ether oxygens (including phenoxy) is 3. The summed E-state index contributed by atoms with van der Waals surface area (Å²) in [5.41, 5.74) is 1.62. The van der Waals surface area contributed by atoms with E-state index >= 15 is 0 Å². The third-order valence-corrected chi connectivity index (χ3v) is 7.33. The minimum absolute atomic E-state index is 0.0302. The van der Waals surface area contributed by atoms with Crippen LogP contribution in [-0.2, 0) is 27.7 Å². The number of rotatable bonds is 11. The zero-order valence-electron chi connectivity index (χ0n) is 20.7. The first kappa shape index (κ1) is 27.2. The standard InChI is InChI=1S/C24H28N4O6S2/c1-6-33-22(30)19-14(3)20(23(31)34-7-2)36-21(19)25-18(29)13-35-24-27-26-17(28(24)4)12-15-8-10-16(32-5)11-9-15/h8-11H,6-7,12-13H2,1-5H3,(H,25,29). The van der Waals surface area contributed by atoms with Crippen molar-refractivity contribution in [1.82, 2.24) is 14.8 Å². The molecule has 3 rings (SSSR count). The summed E-state index contributed by atoms with van der Waals surface area (Å²) in [5.74, 6) is 0.0377. The molecule has 10 nitrogen and oxygen atoms in total. The summed E-state index contributed by atoms with van der Waals surface area (Å²) < 4.78 is 17.2. The van der Waals surface area contributed by atoms with Crippen LogP contribution < -0.4 is 10.1 Å². The average Bonchev–Trinajstić information content (AvgIpc) is 3.37. The van der Waals surface area contributed by atoms with E-state index in [-0.39, 0.29) is 40.3 Å². The van der Waals surface area contributed by atoms with Crippen LogP contribution in [0.25, 0.3) is 0 Å². The Labute approximate surface area is 217 Å². The van der Waals surface area contributed by atoms with E-state index in [0.717, 1.165) is 28.5 Å². The largest absolute Gasteiger partial charge is 0.497 e. The molecule has 0 spiro atoms. The van der Waals surface area contributed by atoms with Crippen molar-refractivity contribution >= 4 is 45.9 Å². The van der Waals surface area contributed by atoms with Crippen molar-refractivity contribution in [1.29, 1.82) is 0 Å². The number of hydrogen-bond acceptors (Lipinski definition) is 10. The van der Waals surface area contributed by atoms with Gasteiger partial charge in [-0.2, -0.15) is 0 Å². The second-order valence-corrected chi connectivity index (χ2v) is 9.48. The summed E-state index contributed by atoms with van der Waals surface area (Å²) >= 11 is 2.21. The lowest BCUT2D eigenvalue weighted by atomic mass is 10.1. The fourth-order valence-corrected chi connectivity index (χ4v) is 5.12. The average molecular weight is 533 g/mol. The van der Waals surface area contributed by atoms with Gasteiger partial charge in [-0.1, -0.05) is 23.9 Å². The highest BCUT2D eigenvalue weighted by Crippen LogP contribution is 2.34. The summed E-state index contributed by atoms with van der Waals surface area (Å²) in [7, 11) is 3.46. The highest BCUT2D eigenvalue weighted by atomic mass is 32.2. The summed E-state index contributed by atoms with van der Waals surface area (Å²) in [6.07, 6.45) is 0.578. The lowest BCUT2D eigenvalue weighted by molar-refractivity contribution is -0.113. The van der Waals surface area contributed by atoms with Crippen LogP contribution >= 0.6 is 23.1 Å². The Kier molecular flexibility index (Phi) is 9.48. The number of benzene rings is 1. The number of thioether (sulfide) groups is 1. The molecule has 2 aromatic heterocycles. The van der Waals surface area contributed by atoms with Crippen LogP contribution in [0.3, 0.4) is 0 Å². The van der Waals surface area contributed by atoms with Crippen LogP contribution in [0.5, 0.6) is 5.75 Å². The van der Waals surface area contributed by atoms with E-state index < -0.39 is 11.9 Å². The molecule has 192 valence electrons. The van der Waals surface area contributed by atoms with Gasteiger partial charge in [0.25, 0.3) is 0 Å². The van der Waals surface area contributed by atoms with Crippen LogP contribution in [0.4, 0.5) is 5.00 Å². The highest BCUT2D eigenvalue weighted by Gasteiger charge is 2.27. The number of nitrogens with one attached hydrogen (secondary N) is 1. The topological polar surface area (TPSA) is 122 Å². The van der Waals surface area contributed by atoms with E-state index in [9.17, 15) is 14.4 Å². The Morgan fingerprint density at radius 3 is 2.36 bits per heavy atom. The smallest absolute Gasteiger partial charge is 0.348 e. The van der Waals surface area contributed by atoms with Crippen LogP contribution in [0, 0.1) is 6.92 Å². The number of anilines is 1. The molecule has 1 amide bonds. The van der Waals surface area contributed by atoms with Gasteiger partial charge in [0.2, 0.25) is 5.91 Å². The maximum absolute atomic E-state index is 12.7. The predicted molar refractivity (Wildman–Crippen MR) is 137 cm³/mol. The fourth-order valence-electron chi connectivity index (χ4n) is 3.29. The van der Waals surface area contributed by atoms with Crippen molar-refractivity contribution in [3.8, 4) is 5.75 Å². The Morgan fingerprint density at radius 2 is 1.72 bits per heavy atom. The molecule has 0 bridgehead atoms. The third-order valence-electron chi connectivity index (χ3n) is 5.12. The van der Waals surface area contributed by atoms with Crippen LogP contribution in [-0.4, -0.2) is 58.7 Å². The van der Waals surface area contributed by atoms with Crippen molar-refractivity contribution in [3.63, 3.8) is 0 Å². The normalized spacial score (nSPS) is 10.7. The van der Waals surface area contributed by atoms with Gasteiger partial charge < -0.3 is 24.1 Å². The molecule has 1 N–H and O–H groups in total. The monoisotopic (exact) mass is 532 g/mol. The predicted octanol–water partition coefficient (Wildman–Crippen LogP) is 3.87. The summed E-state index contributed by atoms with van der Waals surface area (Å²) in [6, 6.07) is 7.69. The number of methoxy groups -OCH3 is 1.